The molecule has 0 saturated heterocycles. The van der Waals surface area contributed by atoms with Crippen molar-refractivity contribution in [2.45, 2.75) is 45.7 Å². The average molecular weight is 271 g/mol. The second-order valence-electron chi connectivity index (χ2n) is 4.89. The first kappa shape index (κ1) is 15.3. The Hall–Kier alpha value is -0.800. The van der Waals surface area contributed by atoms with E-state index in [0.29, 0.717) is 24.6 Å². The van der Waals surface area contributed by atoms with Crippen molar-refractivity contribution in [2.75, 3.05) is 13.2 Å². The Morgan fingerprint density at radius 2 is 1.94 bits per heavy atom. The van der Waals surface area contributed by atoms with Crippen LogP contribution in [0.1, 0.15) is 33.4 Å². The lowest BCUT2D eigenvalue weighted by Crippen LogP contribution is -2.39. The molecule has 0 amide bonds. The third kappa shape index (κ3) is 4.83. The number of halogens is 1. The third-order valence-electron chi connectivity index (χ3n) is 2.87. The molecular weight excluding hydrogens is 248 g/mol. The summed E-state index contributed by atoms with van der Waals surface area (Å²) in [7, 11) is 0. The fourth-order valence-corrected chi connectivity index (χ4v) is 2.15. The smallest absolute Gasteiger partial charge is 0.122 e. The largest absolute Gasteiger partial charge is 0.492 e. The molecule has 1 heterocycles. The number of ether oxygens (including phenoxy) is 1. The highest BCUT2D eigenvalue weighted by Crippen LogP contribution is 2.13. The minimum absolute atomic E-state index is 0.418. The fraction of sp³-hybridized carbons (Fsp3) is 0.643. The van der Waals surface area contributed by atoms with E-state index in [2.05, 4.69) is 37.6 Å². The van der Waals surface area contributed by atoms with Crippen LogP contribution in [0.25, 0.3) is 0 Å². The van der Waals surface area contributed by atoms with Gasteiger partial charge in [0, 0.05) is 30.9 Å². The maximum Gasteiger partial charge on any atom is 0.122 e. The van der Waals surface area contributed by atoms with Gasteiger partial charge in [0.25, 0.3) is 0 Å². The summed E-state index contributed by atoms with van der Waals surface area (Å²) in [5, 5.41) is 0. The first-order chi connectivity index (χ1) is 8.54. The van der Waals surface area contributed by atoms with Crippen LogP contribution < -0.4 is 4.74 Å². The molecule has 0 N–H and O–H groups in total. The van der Waals surface area contributed by atoms with Crippen LogP contribution in [0.15, 0.2) is 18.3 Å². The Kier molecular flexibility index (Phi) is 6.44. The quantitative estimate of drug-likeness (QED) is 0.711. The summed E-state index contributed by atoms with van der Waals surface area (Å²) < 4.78 is 5.74. The maximum absolute atomic E-state index is 5.74. The molecule has 102 valence electrons. The molecule has 0 saturated carbocycles. The molecule has 0 bridgehead atoms. The first-order valence-electron chi connectivity index (χ1n) is 6.44. The van der Waals surface area contributed by atoms with Crippen LogP contribution in [0.3, 0.4) is 0 Å². The van der Waals surface area contributed by atoms with Crippen LogP contribution in [0.2, 0.25) is 0 Å². The molecule has 18 heavy (non-hydrogen) atoms. The van der Waals surface area contributed by atoms with Crippen molar-refractivity contribution in [2.24, 2.45) is 0 Å². The first-order valence-corrected chi connectivity index (χ1v) is 6.97. The van der Waals surface area contributed by atoms with E-state index >= 15 is 0 Å². The van der Waals surface area contributed by atoms with Crippen LogP contribution in [0.4, 0.5) is 0 Å². The van der Waals surface area contributed by atoms with E-state index < -0.39 is 0 Å². The van der Waals surface area contributed by atoms with Gasteiger partial charge in [0.05, 0.1) is 11.6 Å². The van der Waals surface area contributed by atoms with Gasteiger partial charge in [-0.25, -0.2) is 0 Å². The van der Waals surface area contributed by atoms with Crippen LogP contribution in [-0.2, 0) is 5.88 Å². The number of rotatable bonds is 7. The van der Waals surface area contributed by atoms with Gasteiger partial charge in [0.1, 0.15) is 12.4 Å². The Balaban J connectivity index is 2.44. The maximum atomic E-state index is 5.74. The average Bonchev–Trinajstić information content (AvgIpc) is 2.34. The van der Waals surface area contributed by atoms with Gasteiger partial charge in [-0.05, 0) is 33.8 Å². The van der Waals surface area contributed by atoms with Crippen molar-refractivity contribution in [1.82, 2.24) is 9.88 Å². The molecule has 3 nitrogen and oxygen atoms in total. The van der Waals surface area contributed by atoms with Crippen LogP contribution in [0.5, 0.6) is 5.75 Å². The minimum Gasteiger partial charge on any atom is -0.492 e. The molecule has 1 rings (SSSR count). The second-order valence-corrected chi connectivity index (χ2v) is 5.16. The molecule has 0 radical (unpaired) electrons. The Bertz CT molecular complexity index is 347. The predicted molar refractivity (Wildman–Crippen MR) is 76.3 cm³/mol. The monoisotopic (exact) mass is 270 g/mol. The van der Waals surface area contributed by atoms with Crippen molar-refractivity contribution in [3.8, 4) is 5.75 Å². The zero-order valence-electron chi connectivity index (χ0n) is 11.7. The van der Waals surface area contributed by atoms with Gasteiger partial charge in [-0.15, -0.1) is 11.6 Å². The molecule has 0 spiro atoms. The molecule has 0 aliphatic carbocycles. The van der Waals surface area contributed by atoms with E-state index in [1.54, 1.807) is 6.20 Å². The summed E-state index contributed by atoms with van der Waals surface area (Å²) in [4.78, 5) is 6.54. The fourth-order valence-electron chi connectivity index (χ4n) is 2.00. The Labute approximate surface area is 115 Å². The minimum atomic E-state index is 0.418. The highest BCUT2D eigenvalue weighted by Gasteiger charge is 2.12. The zero-order valence-corrected chi connectivity index (χ0v) is 12.4. The molecule has 0 fully saturated rings. The van der Waals surface area contributed by atoms with Crippen molar-refractivity contribution in [3.63, 3.8) is 0 Å². The van der Waals surface area contributed by atoms with Crippen LogP contribution >= 0.6 is 11.6 Å². The summed E-state index contributed by atoms with van der Waals surface area (Å²) in [6.45, 7) is 10.4. The molecule has 1 aromatic rings. The molecule has 0 unspecified atom stereocenters. The predicted octanol–water partition coefficient (Wildman–Crippen LogP) is 3.32. The lowest BCUT2D eigenvalue weighted by Gasteiger charge is -2.30. The summed E-state index contributed by atoms with van der Waals surface area (Å²) in [5.41, 5.74) is 0.846. The number of pyridine rings is 1. The van der Waals surface area contributed by atoms with Gasteiger partial charge in [0.2, 0.25) is 0 Å². The SMILES string of the molecule is CC(C)N(CCOc1ccnc(CCl)c1)C(C)C. The summed E-state index contributed by atoms with van der Waals surface area (Å²) >= 11 is 5.74. The zero-order chi connectivity index (χ0) is 13.5. The topological polar surface area (TPSA) is 25.4 Å². The van der Waals surface area contributed by atoms with Gasteiger partial charge >= 0.3 is 0 Å². The van der Waals surface area contributed by atoms with Crippen molar-refractivity contribution >= 4 is 11.6 Å². The van der Waals surface area contributed by atoms with E-state index in [9.17, 15) is 0 Å². The van der Waals surface area contributed by atoms with Gasteiger partial charge in [0.15, 0.2) is 0 Å². The van der Waals surface area contributed by atoms with Gasteiger partial charge < -0.3 is 4.74 Å². The van der Waals surface area contributed by atoms with E-state index in [1.165, 1.54) is 0 Å². The second kappa shape index (κ2) is 7.59. The molecule has 4 heteroatoms. The van der Waals surface area contributed by atoms with Crippen molar-refractivity contribution < 1.29 is 4.74 Å². The van der Waals surface area contributed by atoms with E-state index in [-0.39, 0.29) is 0 Å². The van der Waals surface area contributed by atoms with Crippen molar-refractivity contribution in [3.05, 3.63) is 24.0 Å². The van der Waals surface area contributed by atoms with E-state index in [4.69, 9.17) is 16.3 Å². The molecule has 1 aromatic heterocycles. The number of aromatic nitrogens is 1. The molecule has 0 aliphatic rings. The number of alkyl halides is 1. The number of hydrogen-bond donors (Lipinski definition) is 0. The Morgan fingerprint density at radius 1 is 1.28 bits per heavy atom. The third-order valence-corrected chi connectivity index (χ3v) is 3.14. The van der Waals surface area contributed by atoms with E-state index in [1.807, 2.05) is 12.1 Å². The summed E-state index contributed by atoms with van der Waals surface area (Å²) in [6.07, 6.45) is 1.73. The molecular formula is C14H23ClN2O. The highest BCUT2D eigenvalue weighted by molar-refractivity contribution is 6.16. The van der Waals surface area contributed by atoms with Gasteiger partial charge in [-0.2, -0.15) is 0 Å². The lowest BCUT2D eigenvalue weighted by molar-refractivity contribution is 0.142. The summed E-state index contributed by atoms with van der Waals surface area (Å²) in [5.74, 6) is 1.26. The van der Waals surface area contributed by atoms with Gasteiger partial charge in [-0.1, -0.05) is 0 Å². The van der Waals surface area contributed by atoms with Crippen LogP contribution in [0, 0.1) is 0 Å². The number of nitrogens with zero attached hydrogens (tertiary/aromatic N) is 2. The van der Waals surface area contributed by atoms with Crippen molar-refractivity contribution in [1.29, 1.82) is 0 Å². The lowest BCUT2D eigenvalue weighted by atomic mass is 10.2. The molecule has 0 aliphatic heterocycles. The van der Waals surface area contributed by atoms with Gasteiger partial charge in [-0.3, -0.25) is 9.88 Å². The number of hydrogen-bond acceptors (Lipinski definition) is 3. The molecule has 0 atom stereocenters. The van der Waals surface area contributed by atoms with E-state index in [0.717, 1.165) is 18.0 Å². The normalized spacial score (nSPS) is 11.6. The Morgan fingerprint density at radius 3 is 2.50 bits per heavy atom. The summed E-state index contributed by atoms with van der Waals surface area (Å²) in [6, 6.07) is 4.82. The highest BCUT2D eigenvalue weighted by atomic mass is 35.5. The molecule has 0 aromatic carbocycles. The standard InChI is InChI=1S/C14H23ClN2O/c1-11(2)17(12(3)4)7-8-18-14-5-6-16-13(9-14)10-15/h5-6,9,11-12H,7-8,10H2,1-4H3. The van der Waals surface area contributed by atoms with Crippen LogP contribution in [-0.4, -0.2) is 35.1 Å².